The molecule has 5 aliphatic rings. The van der Waals surface area contributed by atoms with Crippen LogP contribution in [0.15, 0.2) is 18.2 Å². The molecule has 3 nitrogen and oxygen atoms in total. The van der Waals surface area contributed by atoms with Crippen LogP contribution < -0.4 is 9.80 Å². The molecule has 2 saturated heterocycles. The minimum Gasteiger partial charge on any atom is -0.372 e. The molecule has 0 aromatic heterocycles. The summed E-state index contributed by atoms with van der Waals surface area (Å²) in [5.41, 5.74) is 5.54. The van der Waals surface area contributed by atoms with Crippen LogP contribution in [-0.4, -0.2) is 50.7 Å². The molecule has 3 saturated carbocycles. The second-order valence-electron chi connectivity index (χ2n) is 12.0. The number of benzene rings is 1. The Morgan fingerprint density at radius 3 is 2.09 bits per heavy atom. The Labute approximate surface area is 196 Å². The summed E-state index contributed by atoms with van der Waals surface area (Å²) < 4.78 is 0. The van der Waals surface area contributed by atoms with Crippen LogP contribution in [0.2, 0.25) is 0 Å². The summed E-state index contributed by atoms with van der Waals surface area (Å²) in [6.07, 6.45) is 19.0. The summed E-state index contributed by atoms with van der Waals surface area (Å²) in [5, 5.41) is 0. The van der Waals surface area contributed by atoms with Crippen LogP contribution in [0.1, 0.15) is 95.0 Å². The lowest BCUT2D eigenvalue weighted by molar-refractivity contribution is 0.181. The van der Waals surface area contributed by atoms with Gasteiger partial charge < -0.3 is 9.80 Å². The lowest BCUT2D eigenvalue weighted by Crippen LogP contribution is -2.47. The number of hydrogen-bond donors (Lipinski definition) is 0. The van der Waals surface area contributed by atoms with Gasteiger partial charge in [-0.2, -0.15) is 0 Å². The fourth-order valence-electron chi connectivity index (χ4n) is 7.51. The number of piperazine rings is 1. The van der Waals surface area contributed by atoms with Gasteiger partial charge in [0.05, 0.1) is 0 Å². The third-order valence-corrected chi connectivity index (χ3v) is 9.81. The van der Waals surface area contributed by atoms with Crippen LogP contribution in [-0.2, 0) is 0 Å². The Kier molecular flexibility index (Phi) is 6.13. The van der Waals surface area contributed by atoms with E-state index in [-0.39, 0.29) is 0 Å². The first-order valence-electron chi connectivity index (χ1n) is 14.1. The van der Waals surface area contributed by atoms with Gasteiger partial charge in [0, 0.05) is 57.2 Å². The average molecular weight is 436 g/mol. The van der Waals surface area contributed by atoms with Gasteiger partial charge in [0.25, 0.3) is 0 Å². The molecule has 5 fully saturated rings. The lowest BCUT2D eigenvalue weighted by atomic mass is 9.68. The minimum absolute atomic E-state index is 0.732. The molecule has 32 heavy (non-hydrogen) atoms. The van der Waals surface area contributed by atoms with E-state index < -0.39 is 0 Å². The van der Waals surface area contributed by atoms with Crippen molar-refractivity contribution in [3.63, 3.8) is 0 Å². The molecule has 3 aliphatic carbocycles. The van der Waals surface area contributed by atoms with E-state index in [0.717, 1.165) is 17.3 Å². The number of rotatable bonds is 5. The summed E-state index contributed by atoms with van der Waals surface area (Å²) >= 11 is 0. The molecule has 0 atom stereocenters. The first kappa shape index (κ1) is 21.3. The first-order chi connectivity index (χ1) is 15.8. The van der Waals surface area contributed by atoms with Crippen molar-refractivity contribution in [1.29, 1.82) is 0 Å². The van der Waals surface area contributed by atoms with E-state index in [1.54, 1.807) is 11.3 Å². The highest BCUT2D eigenvalue weighted by Crippen LogP contribution is 2.53. The van der Waals surface area contributed by atoms with Crippen molar-refractivity contribution in [2.24, 2.45) is 11.3 Å². The second-order valence-corrected chi connectivity index (χ2v) is 12.0. The van der Waals surface area contributed by atoms with Crippen molar-refractivity contribution in [3.8, 4) is 0 Å². The van der Waals surface area contributed by atoms with Crippen molar-refractivity contribution in [2.75, 3.05) is 55.6 Å². The average Bonchev–Trinajstić information content (AvgIpc) is 3.56. The molecular formula is C29H45N3. The summed E-state index contributed by atoms with van der Waals surface area (Å²) in [6.45, 7) is 8.84. The van der Waals surface area contributed by atoms with Crippen LogP contribution in [0.25, 0.3) is 0 Å². The zero-order valence-corrected chi connectivity index (χ0v) is 20.4. The predicted octanol–water partition coefficient (Wildman–Crippen LogP) is 6.43. The van der Waals surface area contributed by atoms with E-state index in [9.17, 15) is 0 Å². The molecule has 1 aromatic rings. The maximum atomic E-state index is 2.75. The van der Waals surface area contributed by atoms with Crippen LogP contribution >= 0.6 is 0 Å². The lowest BCUT2D eigenvalue weighted by Gasteiger charge is -2.41. The molecule has 1 spiro atoms. The van der Waals surface area contributed by atoms with Crippen molar-refractivity contribution in [1.82, 2.24) is 4.90 Å². The number of hydrogen-bond acceptors (Lipinski definition) is 3. The molecule has 1 aromatic carbocycles. The second kappa shape index (κ2) is 9.20. The summed E-state index contributed by atoms with van der Waals surface area (Å²) in [7, 11) is 0. The zero-order valence-electron chi connectivity index (χ0n) is 20.4. The van der Waals surface area contributed by atoms with E-state index in [1.807, 2.05) is 0 Å². The maximum Gasteiger partial charge on any atom is 0.0404 e. The minimum atomic E-state index is 0.732. The molecule has 0 amide bonds. The predicted molar refractivity (Wildman–Crippen MR) is 136 cm³/mol. The SMILES string of the molecule is c1cc(N2CCN(CC3CC3)CC2)c(C2CCC3(CCCC3)CC2)cc1N1CCCCC1. The first-order valence-corrected chi connectivity index (χ1v) is 14.1. The molecule has 2 aliphatic heterocycles. The Morgan fingerprint density at radius 2 is 1.41 bits per heavy atom. The van der Waals surface area contributed by atoms with Gasteiger partial charge in [-0.05, 0) is 112 Å². The molecule has 0 N–H and O–H groups in total. The third kappa shape index (κ3) is 4.56. The molecule has 0 radical (unpaired) electrons. The van der Waals surface area contributed by atoms with Gasteiger partial charge in [-0.15, -0.1) is 0 Å². The van der Waals surface area contributed by atoms with Gasteiger partial charge in [-0.1, -0.05) is 12.8 Å². The molecule has 3 heteroatoms. The van der Waals surface area contributed by atoms with E-state index in [0.29, 0.717) is 0 Å². The van der Waals surface area contributed by atoms with Gasteiger partial charge in [0.1, 0.15) is 0 Å². The Morgan fingerprint density at radius 1 is 0.688 bits per heavy atom. The highest BCUT2D eigenvalue weighted by atomic mass is 15.3. The fraction of sp³-hybridized carbons (Fsp3) is 0.793. The molecule has 0 bridgehead atoms. The molecule has 176 valence electrons. The van der Waals surface area contributed by atoms with E-state index >= 15 is 0 Å². The third-order valence-electron chi connectivity index (χ3n) is 9.81. The van der Waals surface area contributed by atoms with Crippen molar-refractivity contribution < 1.29 is 0 Å². The molecular weight excluding hydrogens is 390 g/mol. The number of piperidine rings is 1. The Hall–Kier alpha value is -1.22. The highest BCUT2D eigenvalue weighted by molar-refractivity contribution is 5.63. The van der Waals surface area contributed by atoms with E-state index in [4.69, 9.17) is 0 Å². The van der Waals surface area contributed by atoms with Crippen molar-refractivity contribution in [3.05, 3.63) is 23.8 Å². The van der Waals surface area contributed by atoms with E-state index in [1.165, 1.54) is 135 Å². The van der Waals surface area contributed by atoms with E-state index in [2.05, 4.69) is 32.9 Å². The van der Waals surface area contributed by atoms with Gasteiger partial charge in [0.15, 0.2) is 0 Å². The maximum absolute atomic E-state index is 2.75. The van der Waals surface area contributed by atoms with Gasteiger partial charge in [-0.25, -0.2) is 0 Å². The van der Waals surface area contributed by atoms with Crippen LogP contribution in [0.4, 0.5) is 11.4 Å². The van der Waals surface area contributed by atoms with Gasteiger partial charge in [0.2, 0.25) is 0 Å². The van der Waals surface area contributed by atoms with Crippen LogP contribution in [0.5, 0.6) is 0 Å². The molecule has 0 unspecified atom stereocenters. The zero-order chi connectivity index (χ0) is 21.4. The number of anilines is 2. The topological polar surface area (TPSA) is 9.72 Å². The van der Waals surface area contributed by atoms with Crippen molar-refractivity contribution >= 4 is 11.4 Å². The summed E-state index contributed by atoms with van der Waals surface area (Å²) in [5.74, 6) is 1.80. The van der Waals surface area contributed by atoms with Gasteiger partial charge >= 0.3 is 0 Å². The standard InChI is InChI=1S/C29H45N3/c1-4-16-31(17-5-1)26-8-9-28(32-20-18-30(19-21-32)23-24-6-7-24)27(22-26)25-10-14-29(15-11-25)12-2-3-13-29/h8-9,22,24-25H,1-7,10-21,23H2. The normalized spacial score (nSPS) is 27.4. The Balaban J connectivity index is 1.21. The Bertz CT molecular complexity index is 755. The monoisotopic (exact) mass is 435 g/mol. The summed E-state index contributed by atoms with van der Waals surface area (Å²) in [6, 6.07) is 7.63. The largest absolute Gasteiger partial charge is 0.372 e. The van der Waals surface area contributed by atoms with Gasteiger partial charge in [-0.3, -0.25) is 4.90 Å². The number of nitrogens with zero attached hydrogens (tertiary/aromatic N) is 3. The van der Waals surface area contributed by atoms with Crippen LogP contribution in [0, 0.1) is 11.3 Å². The quantitative estimate of drug-likeness (QED) is 0.528. The molecule has 6 rings (SSSR count). The summed E-state index contributed by atoms with van der Waals surface area (Å²) in [4.78, 5) is 8.16. The smallest absolute Gasteiger partial charge is 0.0404 e. The highest BCUT2D eigenvalue weighted by Gasteiger charge is 2.38. The van der Waals surface area contributed by atoms with Crippen molar-refractivity contribution in [2.45, 2.75) is 89.4 Å². The fourth-order valence-corrected chi connectivity index (χ4v) is 7.51. The van der Waals surface area contributed by atoms with Crippen LogP contribution in [0.3, 0.4) is 0 Å². The molecule has 2 heterocycles.